The number of hydrogen-bond donors (Lipinski definition) is 1. The Kier molecular flexibility index (Phi) is 3.93. The minimum absolute atomic E-state index is 0.530. The Morgan fingerprint density at radius 3 is 2.67 bits per heavy atom. The lowest BCUT2D eigenvalue weighted by molar-refractivity contribution is 0.416. The highest BCUT2D eigenvalue weighted by molar-refractivity contribution is 6.08. The molecule has 1 N–H and O–H groups in total. The van der Waals surface area contributed by atoms with E-state index in [1.165, 1.54) is 0 Å². The molecule has 0 aliphatic carbocycles. The van der Waals surface area contributed by atoms with Crippen LogP contribution in [0, 0.1) is 0 Å². The van der Waals surface area contributed by atoms with Crippen LogP contribution in [0.2, 0.25) is 0 Å². The van der Waals surface area contributed by atoms with Gasteiger partial charge in [0.15, 0.2) is 0 Å². The molecule has 2 nitrogen and oxygen atoms in total. The molecule has 2 rings (SSSR count). The predicted molar refractivity (Wildman–Crippen MR) is 77.4 cm³/mol. The van der Waals surface area contributed by atoms with Crippen LogP contribution >= 0.6 is 0 Å². The van der Waals surface area contributed by atoms with Gasteiger partial charge in [-0.1, -0.05) is 30.1 Å². The minimum atomic E-state index is 0.530. The maximum absolute atomic E-state index is 5.69. The maximum Gasteiger partial charge on any atom is 0.126 e. The van der Waals surface area contributed by atoms with Gasteiger partial charge >= 0.3 is 0 Å². The quantitative estimate of drug-likeness (QED) is 0.825. The Hall–Kier alpha value is -1.90. The number of hydrogen-bond acceptors (Lipinski definition) is 2. The van der Waals surface area contributed by atoms with Gasteiger partial charge in [0.05, 0.1) is 15.0 Å². The molecule has 0 aromatic heterocycles. The molecule has 0 amide bonds. The average Bonchev–Trinajstić information content (AvgIpc) is 2.46. The first-order valence-electron chi connectivity index (χ1n) is 5.93. The van der Waals surface area contributed by atoms with Crippen molar-refractivity contribution in [3.63, 3.8) is 0 Å². The number of benzene rings is 2. The first-order chi connectivity index (χ1) is 8.78. The molecular formula is C15H16BNO. The topological polar surface area (TPSA) is 21.3 Å². The van der Waals surface area contributed by atoms with E-state index in [-0.39, 0.29) is 0 Å². The van der Waals surface area contributed by atoms with E-state index >= 15 is 0 Å². The van der Waals surface area contributed by atoms with Crippen molar-refractivity contribution in [2.75, 3.05) is 19.5 Å². The summed E-state index contributed by atoms with van der Waals surface area (Å²) in [6.45, 7) is 0. The highest BCUT2D eigenvalue weighted by Gasteiger charge is 2.07. The van der Waals surface area contributed by atoms with Gasteiger partial charge in [0.25, 0.3) is 0 Å². The normalized spacial score (nSPS) is 10.1. The standard InChI is InChI=1S/C15H16BNO/c1-17-13-5-3-4-12(9-13)14-8-11(10-16)6-7-15(14)18-2/h3-9,17H,10H2,1-2H3. The second kappa shape index (κ2) is 5.63. The molecule has 0 unspecified atom stereocenters. The smallest absolute Gasteiger partial charge is 0.126 e. The van der Waals surface area contributed by atoms with Crippen LogP contribution in [0.1, 0.15) is 5.56 Å². The van der Waals surface area contributed by atoms with Crippen molar-refractivity contribution in [1.29, 1.82) is 0 Å². The van der Waals surface area contributed by atoms with Crippen LogP contribution in [0.5, 0.6) is 5.75 Å². The summed E-state index contributed by atoms with van der Waals surface area (Å²) >= 11 is 0. The van der Waals surface area contributed by atoms with Crippen molar-refractivity contribution in [3.05, 3.63) is 48.0 Å². The highest BCUT2D eigenvalue weighted by atomic mass is 16.5. The SMILES string of the molecule is [B]Cc1ccc(OC)c(-c2cccc(NC)c2)c1. The lowest BCUT2D eigenvalue weighted by atomic mass is 9.93. The summed E-state index contributed by atoms with van der Waals surface area (Å²) in [5.74, 6) is 0.862. The third-order valence-corrected chi connectivity index (χ3v) is 2.96. The van der Waals surface area contributed by atoms with E-state index in [9.17, 15) is 0 Å². The Morgan fingerprint density at radius 1 is 1.17 bits per heavy atom. The van der Waals surface area contributed by atoms with E-state index in [1.54, 1.807) is 7.11 Å². The Bertz CT molecular complexity index is 540. The average molecular weight is 237 g/mol. The van der Waals surface area contributed by atoms with Crippen LogP contribution in [0.15, 0.2) is 42.5 Å². The highest BCUT2D eigenvalue weighted by Crippen LogP contribution is 2.32. The van der Waals surface area contributed by atoms with E-state index < -0.39 is 0 Å². The summed E-state index contributed by atoms with van der Waals surface area (Å²) in [5.41, 5.74) is 4.36. The molecule has 0 heterocycles. The maximum atomic E-state index is 5.69. The van der Waals surface area contributed by atoms with Crippen molar-refractivity contribution >= 4 is 13.5 Å². The van der Waals surface area contributed by atoms with Crippen LogP contribution in [-0.4, -0.2) is 22.0 Å². The predicted octanol–water partition coefficient (Wildman–Crippen LogP) is 3.07. The van der Waals surface area contributed by atoms with Crippen LogP contribution in [-0.2, 0) is 6.32 Å². The van der Waals surface area contributed by atoms with Gasteiger partial charge in [0, 0.05) is 18.3 Å². The van der Waals surface area contributed by atoms with Crippen molar-refractivity contribution < 1.29 is 4.74 Å². The molecule has 90 valence electrons. The molecule has 3 heteroatoms. The number of anilines is 1. The Morgan fingerprint density at radius 2 is 2.00 bits per heavy atom. The molecule has 0 aliphatic rings. The van der Waals surface area contributed by atoms with Crippen LogP contribution in [0.4, 0.5) is 5.69 Å². The number of ether oxygens (including phenoxy) is 1. The monoisotopic (exact) mass is 237 g/mol. The molecular weight excluding hydrogens is 221 g/mol. The second-order valence-electron chi connectivity index (χ2n) is 4.07. The molecule has 0 saturated heterocycles. The van der Waals surface area contributed by atoms with Gasteiger partial charge in [-0.2, -0.15) is 0 Å². The zero-order valence-electron chi connectivity index (χ0n) is 10.7. The fourth-order valence-electron chi connectivity index (χ4n) is 1.95. The fraction of sp³-hybridized carbons (Fsp3) is 0.200. The number of rotatable bonds is 4. The van der Waals surface area contributed by atoms with E-state index in [4.69, 9.17) is 12.6 Å². The summed E-state index contributed by atoms with van der Waals surface area (Å²) in [4.78, 5) is 0. The zero-order chi connectivity index (χ0) is 13.0. The Balaban J connectivity index is 2.53. The van der Waals surface area contributed by atoms with E-state index in [1.807, 2.05) is 31.3 Å². The first-order valence-corrected chi connectivity index (χ1v) is 5.93. The largest absolute Gasteiger partial charge is 0.496 e. The molecule has 2 aromatic rings. The molecule has 2 aromatic carbocycles. The molecule has 18 heavy (non-hydrogen) atoms. The lowest BCUT2D eigenvalue weighted by Gasteiger charge is -2.11. The van der Waals surface area contributed by atoms with Crippen molar-refractivity contribution in [2.45, 2.75) is 6.32 Å². The third kappa shape index (κ3) is 2.50. The summed E-state index contributed by atoms with van der Waals surface area (Å²) < 4.78 is 5.41. The molecule has 0 spiro atoms. The van der Waals surface area contributed by atoms with Gasteiger partial charge < -0.3 is 10.1 Å². The summed E-state index contributed by atoms with van der Waals surface area (Å²) in [5, 5.41) is 3.14. The van der Waals surface area contributed by atoms with Gasteiger partial charge in [-0.05, 0) is 29.8 Å². The van der Waals surface area contributed by atoms with Crippen LogP contribution in [0.25, 0.3) is 11.1 Å². The van der Waals surface area contributed by atoms with Gasteiger partial charge in [-0.15, -0.1) is 0 Å². The summed E-state index contributed by atoms with van der Waals surface area (Å²) in [6, 6.07) is 14.2. The number of methoxy groups -OCH3 is 1. The van der Waals surface area contributed by atoms with Crippen LogP contribution < -0.4 is 10.1 Å². The van der Waals surface area contributed by atoms with Gasteiger partial charge in [0.1, 0.15) is 5.75 Å². The molecule has 0 fully saturated rings. The molecule has 0 saturated carbocycles. The van der Waals surface area contributed by atoms with Crippen LogP contribution in [0.3, 0.4) is 0 Å². The third-order valence-electron chi connectivity index (χ3n) is 2.96. The first kappa shape index (κ1) is 12.6. The minimum Gasteiger partial charge on any atom is -0.496 e. The van der Waals surface area contributed by atoms with E-state index in [2.05, 4.69) is 23.5 Å². The van der Waals surface area contributed by atoms with Gasteiger partial charge in [-0.3, -0.25) is 0 Å². The van der Waals surface area contributed by atoms with Gasteiger partial charge in [0.2, 0.25) is 0 Å². The molecule has 0 bridgehead atoms. The fourth-order valence-corrected chi connectivity index (χ4v) is 1.95. The molecule has 2 radical (unpaired) electrons. The van der Waals surface area contributed by atoms with Gasteiger partial charge in [-0.25, -0.2) is 0 Å². The molecule has 0 atom stereocenters. The Labute approximate surface area is 109 Å². The van der Waals surface area contributed by atoms with Crippen molar-refractivity contribution in [1.82, 2.24) is 0 Å². The van der Waals surface area contributed by atoms with Crippen molar-refractivity contribution in [2.24, 2.45) is 0 Å². The second-order valence-corrected chi connectivity index (χ2v) is 4.07. The summed E-state index contributed by atoms with van der Waals surface area (Å²) in [6.07, 6.45) is 0.530. The van der Waals surface area contributed by atoms with E-state index in [0.29, 0.717) is 6.32 Å². The van der Waals surface area contributed by atoms with Crippen molar-refractivity contribution in [3.8, 4) is 16.9 Å². The summed E-state index contributed by atoms with van der Waals surface area (Å²) in [7, 11) is 9.28. The molecule has 0 aliphatic heterocycles. The zero-order valence-corrected chi connectivity index (χ0v) is 10.7. The number of nitrogens with one attached hydrogen (secondary N) is 1. The lowest BCUT2D eigenvalue weighted by Crippen LogP contribution is -1.93. The van der Waals surface area contributed by atoms with E-state index in [0.717, 1.165) is 28.1 Å².